The summed E-state index contributed by atoms with van der Waals surface area (Å²) in [6, 6.07) is 7.52. The molecule has 0 spiro atoms. The van der Waals surface area contributed by atoms with Crippen LogP contribution in [0.15, 0.2) is 24.3 Å². The Morgan fingerprint density at radius 2 is 2.00 bits per heavy atom. The van der Waals surface area contributed by atoms with Crippen molar-refractivity contribution in [1.82, 2.24) is 5.43 Å². The number of nitrogens with one attached hydrogen (secondary N) is 1. The summed E-state index contributed by atoms with van der Waals surface area (Å²) in [5.41, 5.74) is 3.96. The molecule has 2 rings (SSSR count). The van der Waals surface area contributed by atoms with Crippen molar-refractivity contribution in [2.45, 2.75) is 12.6 Å². The molecule has 0 saturated carbocycles. The van der Waals surface area contributed by atoms with Gasteiger partial charge in [0.25, 0.3) is 0 Å². The monoisotopic (exact) mass is 238 g/mol. The standard InChI is InChI=1S/C9H11ClN2O.K.H/c10-7-1-3-8(4-2-7)12-6-5-9(13)11-12;;/h1-4,9,11,13H,5-6H2;;. The number of hydrogen-bond acceptors (Lipinski definition) is 3. The molecule has 5 heteroatoms. The molecule has 14 heavy (non-hydrogen) atoms. The van der Waals surface area contributed by atoms with Crippen molar-refractivity contribution in [2.24, 2.45) is 0 Å². The fraction of sp³-hybridized carbons (Fsp3) is 0.333. The van der Waals surface area contributed by atoms with E-state index in [1.165, 1.54) is 0 Å². The zero-order valence-electron chi connectivity index (χ0n) is 7.07. The van der Waals surface area contributed by atoms with Crippen LogP contribution in [0.1, 0.15) is 6.42 Å². The van der Waals surface area contributed by atoms with Gasteiger partial charge in [-0.3, -0.25) is 0 Å². The van der Waals surface area contributed by atoms with Gasteiger partial charge in [-0.25, -0.2) is 5.43 Å². The second kappa shape index (κ2) is 5.82. The summed E-state index contributed by atoms with van der Waals surface area (Å²) in [6.45, 7) is 0.822. The number of anilines is 1. The quantitative estimate of drug-likeness (QED) is 0.708. The van der Waals surface area contributed by atoms with Crippen LogP contribution in [0.3, 0.4) is 0 Å². The second-order valence-corrected chi connectivity index (χ2v) is 3.50. The predicted octanol–water partition coefficient (Wildman–Crippen LogP) is 0.725. The summed E-state index contributed by atoms with van der Waals surface area (Å²) in [5.74, 6) is 0. The van der Waals surface area contributed by atoms with Crippen LogP contribution in [0.2, 0.25) is 5.02 Å². The Kier molecular flexibility index (Phi) is 5.37. The van der Waals surface area contributed by atoms with Gasteiger partial charge in [0.2, 0.25) is 0 Å². The van der Waals surface area contributed by atoms with Crippen molar-refractivity contribution in [3.8, 4) is 0 Å². The number of benzene rings is 1. The minimum absolute atomic E-state index is 0. The third-order valence-corrected chi connectivity index (χ3v) is 2.32. The third-order valence-electron chi connectivity index (χ3n) is 2.07. The van der Waals surface area contributed by atoms with Crippen molar-refractivity contribution in [1.29, 1.82) is 0 Å². The number of aliphatic hydroxyl groups excluding tert-OH is 1. The van der Waals surface area contributed by atoms with Gasteiger partial charge in [0.15, 0.2) is 0 Å². The zero-order chi connectivity index (χ0) is 9.26. The zero-order valence-corrected chi connectivity index (χ0v) is 7.83. The fourth-order valence-corrected chi connectivity index (χ4v) is 1.51. The van der Waals surface area contributed by atoms with E-state index in [2.05, 4.69) is 5.43 Å². The maximum atomic E-state index is 9.24. The third kappa shape index (κ3) is 3.18. The number of rotatable bonds is 1. The molecular weight excluding hydrogens is 227 g/mol. The molecule has 1 saturated heterocycles. The second-order valence-electron chi connectivity index (χ2n) is 3.06. The van der Waals surface area contributed by atoms with Crippen molar-refractivity contribution >= 4 is 68.7 Å². The average molecular weight is 239 g/mol. The van der Waals surface area contributed by atoms with E-state index in [9.17, 15) is 5.11 Å². The van der Waals surface area contributed by atoms with Crippen molar-refractivity contribution in [3.05, 3.63) is 29.3 Å². The molecule has 1 unspecified atom stereocenters. The number of hydrazine groups is 1. The van der Waals surface area contributed by atoms with Crippen LogP contribution in [0.5, 0.6) is 0 Å². The van der Waals surface area contributed by atoms with Crippen LogP contribution in [0.4, 0.5) is 5.69 Å². The minimum atomic E-state index is -0.421. The molecule has 3 nitrogen and oxygen atoms in total. The summed E-state index contributed by atoms with van der Waals surface area (Å²) in [7, 11) is 0. The Morgan fingerprint density at radius 3 is 2.50 bits per heavy atom. The van der Waals surface area contributed by atoms with Crippen LogP contribution in [-0.4, -0.2) is 69.3 Å². The molecule has 0 radical (unpaired) electrons. The molecular formula is C9H12ClKN2O. The van der Waals surface area contributed by atoms with Crippen LogP contribution in [0, 0.1) is 0 Å². The first-order valence-corrected chi connectivity index (χ1v) is 4.61. The van der Waals surface area contributed by atoms with E-state index in [1.54, 1.807) is 0 Å². The molecule has 1 atom stereocenters. The Hall–Kier alpha value is 0.866. The van der Waals surface area contributed by atoms with Gasteiger partial charge < -0.3 is 10.1 Å². The first-order valence-electron chi connectivity index (χ1n) is 4.23. The van der Waals surface area contributed by atoms with Crippen LogP contribution < -0.4 is 10.4 Å². The molecule has 72 valence electrons. The average Bonchev–Trinajstić information content (AvgIpc) is 2.53. The summed E-state index contributed by atoms with van der Waals surface area (Å²) >= 11 is 5.76. The van der Waals surface area contributed by atoms with E-state index < -0.39 is 6.23 Å². The first-order chi connectivity index (χ1) is 6.25. The molecule has 1 aliphatic rings. The molecule has 1 aliphatic heterocycles. The number of hydrogen-bond donors (Lipinski definition) is 2. The van der Waals surface area contributed by atoms with Gasteiger partial charge in [-0.1, -0.05) is 11.6 Å². The van der Waals surface area contributed by atoms with E-state index in [4.69, 9.17) is 11.6 Å². The Balaban J connectivity index is 0.000000980. The van der Waals surface area contributed by atoms with E-state index in [0.29, 0.717) is 0 Å². The van der Waals surface area contributed by atoms with Gasteiger partial charge in [-0.15, -0.1) is 0 Å². The van der Waals surface area contributed by atoms with Crippen LogP contribution >= 0.6 is 11.6 Å². The van der Waals surface area contributed by atoms with Crippen molar-refractivity contribution in [3.63, 3.8) is 0 Å². The Morgan fingerprint density at radius 1 is 1.36 bits per heavy atom. The normalized spacial score (nSPS) is 20.7. The van der Waals surface area contributed by atoms with E-state index >= 15 is 0 Å². The fourth-order valence-electron chi connectivity index (χ4n) is 1.39. The van der Waals surface area contributed by atoms with Gasteiger partial charge in [0.05, 0.1) is 5.69 Å². The molecule has 0 bridgehead atoms. The number of aliphatic hydroxyl groups is 1. The van der Waals surface area contributed by atoms with Gasteiger partial charge in [-0.05, 0) is 24.3 Å². The van der Waals surface area contributed by atoms with Gasteiger partial charge in [0.1, 0.15) is 6.23 Å². The van der Waals surface area contributed by atoms with Crippen molar-refractivity contribution in [2.75, 3.05) is 11.6 Å². The number of nitrogens with zero attached hydrogens (tertiary/aromatic N) is 1. The van der Waals surface area contributed by atoms with E-state index in [0.717, 1.165) is 23.7 Å². The van der Waals surface area contributed by atoms with Gasteiger partial charge in [0, 0.05) is 18.0 Å². The topological polar surface area (TPSA) is 35.5 Å². The summed E-state index contributed by atoms with van der Waals surface area (Å²) in [6.07, 6.45) is 0.332. The molecule has 0 aromatic heterocycles. The molecule has 1 fully saturated rings. The molecule has 2 N–H and O–H groups in total. The summed E-state index contributed by atoms with van der Waals surface area (Å²) < 4.78 is 0. The Labute approximate surface area is 131 Å². The van der Waals surface area contributed by atoms with E-state index in [-0.39, 0.29) is 51.4 Å². The van der Waals surface area contributed by atoms with Crippen LogP contribution in [0.25, 0.3) is 0 Å². The van der Waals surface area contributed by atoms with Gasteiger partial charge >= 0.3 is 51.4 Å². The van der Waals surface area contributed by atoms with Crippen LogP contribution in [-0.2, 0) is 0 Å². The van der Waals surface area contributed by atoms with Crippen molar-refractivity contribution < 1.29 is 5.11 Å². The molecule has 0 amide bonds. The van der Waals surface area contributed by atoms with E-state index in [1.807, 2.05) is 29.3 Å². The molecule has 1 aromatic rings. The SMILES string of the molecule is OC1CCN(c2ccc(Cl)cc2)N1.[KH]. The summed E-state index contributed by atoms with van der Waals surface area (Å²) in [5, 5.41) is 11.9. The molecule has 1 aromatic carbocycles. The maximum absolute atomic E-state index is 9.24. The predicted molar refractivity (Wildman–Crippen MR) is 59.7 cm³/mol. The molecule has 0 aliphatic carbocycles. The molecule has 1 heterocycles. The van der Waals surface area contributed by atoms with Gasteiger partial charge in [-0.2, -0.15) is 0 Å². The summed E-state index contributed by atoms with van der Waals surface area (Å²) in [4.78, 5) is 0. The first kappa shape index (κ1) is 12.9. The number of halogens is 1. The Bertz CT molecular complexity index is 293.